The Labute approximate surface area is 117 Å². The number of carbonyl (C=O) groups excluding carboxylic acids is 1. The molecule has 4 nitrogen and oxygen atoms in total. The normalized spacial score (nSPS) is 22.4. The maximum absolute atomic E-state index is 11.9. The molecule has 2 unspecified atom stereocenters. The number of anilines is 1. The lowest BCUT2D eigenvalue weighted by molar-refractivity contribution is -0.117. The van der Waals surface area contributed by atoms with E-state index in [-0.39, 0.29) is 24.4 Å². The standard InChI is InChI=1S/C12H15ClN2O2.ClH/c1-7-4-8(13)2-3-10(7)15-12(17)11-5-9(16)6-14-11;/h2-4,9,11,14,16H,5-6H2,1H3,(H,15,17);1H. The molecular formula is C12H16Cl2N2O2. The lowest BCUT2D eigenvalue weighted by atomic mass is 10.1. The summed E-state index contributed by atoms with van der Waals surface area (Å²) in [7, 11) is 0. The minimum atomic E-state index is -0.433. The van der Waals surface area contributed by atoms with Crippen LogP contribution in [0.15, 0.2) is 18.2 Å². The number of halogens is 2. The molecule has 0 bridgehead atoms. The molecular weight excluding hydrogens is 275 g/mol. The fraction of sp³-hybridized carbons (Fsp3) is 0.417. The minimum absolute atomic E-state index is 0. The number of benzene rings is 1. The summed E-state index contributed by atoms with van der Waals surface area (Å²) >= 11 is 5.84. The Kier molecular flexibility index (Phi) is 5.41. The fourth-order valence-corrected chi connectivity index (χ4v) is 2.13. The third-order valence-electron chi connectivity index (χ3n) is 2.87. The molecule has 0 spiro atoms. The second-order valence-electron chi connectivity index (χ2n) is 4.30. The van der Waals surface area contributed by atoms with Crippen molar-refractivity contribution in [3.63, 3.8) is 0 Å². The Morgan fingerprint density at radius 1 is 1.56 bits per heavy atom. The first kappa shape index (κ1) is 15.2. The first-order valence-corrected chi connectivity index (χ1v) is 5.92. The lowest BCUT2D eigenvalue weighted by Gasteiger charge is -2.13. The molecule has 0 aromatic heterocycles. The molecule has 100 valence electrons. The predicted octanol–water partition coefficient (Wildman–Crippen LogP) is 1.73. The van der Waals surface area contributed by atoms with Gasteiger partial charge in [0.15, 0.2) is 0 Å². The molecule has 0 aliphatic carbocycles. The summed E-state index contributed by atoms with van der Waals surface area (Å²) in [6, 6.07) is 5.00. The molecule has 0 radical (unpaired) electrons. The first-order valence-electron chi connectivity index (χ1n) is 5.54. The highest BCUT2D eigenvalue weighted by Gasteiger charge is 2.28. The number of hydrogen-bond acceptors (Lipinski definition) is 3. The molecule has 3 N–H and O–H groups in total. The Hall–Kier alpha value is -0.810. The molecule has 1 aliphatic heterocycles. The number of hydrogen-bond donors (Lipinski definition) is 3. The molecule has 0 saturated carbocycles. The van der Waals surface area contributed by atoms with Crippen molar-refractivity contribution in [1.82, 2.24) is 5.32 Å². The van der Waals surface area contributed by atoms with Crippen LogP contribution in [0.25, 0.3) is 0 Å². The van der Waals surface area contributed by atoms with Crippen LogP contribution in [-0.4, -0.2) is 29.7 Å². The highest BCUT2D eigenvalue weighted by atomic mass is 35.5. The second kappa shape index (κ2) is 6.38. The Morgan fingerprint density at radius 3 is 2.83 bits per heavy atom. The molecule has 6 heteroatoms. The van der Waals surface area contributed by atoms with Gasteiger partial charge >= 0.3 is 0 Å². The van der Waals surface area contributed by atoms with E-state index in [9.17, 15) is 9.90 Å². The monoisotopic (exact) mass is 290 g/mol. The number of nitrogens with one attached hydrogen (secondary N) is 2. The first-order chi connectivity index (χ1) is 8.06. The zero-order chi connectivity index (χ0) is 12.4. The van der Waals surface area contributed by atoms with Crippen molar-refractivity contribution in [2.45, 2.75) is 25.5 Å². The second-order valence-corrected chi connectivity index (χ2v) is 4.74. The van der Waals surface area contributed by atoms with Crippen molar-refractivity contribution in [3.05, 3.63) is 28.8 Å². The van der Waals surface area contributed by atoms with Gasteiger partial charge in [0.25, 0.3) is 0 Å². The van der Waals surface area contributed by atoms with E-state index >= 15 is 0 Å². The fourth-order valence-electron chi connectivity index (χ4n) is 1.90. The molecule has 1 aliphatic rings. The van der Waals surface area contributed by atoms with E-state index in [0.29, 0.717) is 18.0 Å². The summed E-state index contributed by atoms with van der Waals surface area (Å²) < 4.78 is 0. The third kappa shape index (κ3) is 3.59. The zero-order valence-electron chi connectivity index (χ0n) is 9.94. The van der Waals surface area contributed by atoms with Crippen molar-refractivity contribution in [1.29, 1.82) is 0 Å². The van der Waals surface area contributed by atoms with Crippen molar-refractivity contribution >= 4 is 35.6 Å². The van der Waals surface area contributed by atoms with Gasteiger partial charge in [0.05, 0.1) is 12.1 Å². The van der Waals surface area contributed by atoms with Gasteiger partial charge in [-0.15, -0.1) is 12.4 Å². The van der Waals surface area contributed by atoms with Gasteiger partial charge in [-0.3, -0.25) is 4.79 Å². The Morgan fingerprint density at radius 2 is 2.28 bits per heavy atom. The van der Waals surface area contributed by atoms with Gasteiger partial charge in [-0.2, -0.15) is 0 Å². The number of rotatable bonds is 2. The third-order valence-corrected chi connectivity index (χ3v) is 3.11. The van der Waals surface area contributed by atoms with Crippen molar-refractivity contribution in [3.8, 4) is 0 Å². The molecule has 1 aromatic carbocycles. The summed E-state index contributed by atoms with van der Waals surface area (Å²) in [6.07, 6.45) is 0.0235. The van der Waals surface area contributed by atoms with E-state index in [1.54, 1.807) is 18.2 Å². The van der Waals surface area contributed by atoms with Crippen LogP contribution in [0.1, 0.15) is 12.0 Å². The van der Waals surface area contributed by atoms with E-state index in [1.165, 1.54) is 0 Å². The summed E-state index contributed by atoms with van der Waals surface area (Å²) in [5, 5.41) is 15.8. The van der Waals surface area contributed by atoms with Crippen molar-refractivity contribution in [2.24, 2.45) is 0 Å². The average molecular weight is 291 g/mol. The van der Waals surface area contributed by atoms with Gasteiger partial charge in [-0.1, -0.05) is 11.6 Å². The number of aliphatic hydroxyl groups excluding tert-OH is 1. The van der Waals surface area contributed by atoms with E-state index in [1.807, 2.05) is 6.92 Å². The van der Waals surface area contributed by atoms with Crippen LogP contribution in [0, 0.1) is 6.92 Å². The molecule has 1 amide bonds. The lowest BCUT2D eigenvalue weighted by Crippen LogP contribution is -2.35. The number of β-amino-alcohol motifs (C(OH)–C–C–N with tert-alkyl or cyclic N) is 1. The summed E-state index contributed by atoms with van der Waals surface area (Å²) in [5.41, 5.74) is 1.67. The minimum Gasteiger partial charge on any atom is -0.392 e. The molecule has 1 fully saturated rings. The molecule has 2 atom stereocenters. The van der Waals surface area contributed by atoms with E-state index in [0.717, 1.165) is 11.3 Å². The number of aryl methyl sites for hydroxylation is 1. The predicted molar refractivity (Wildman–Crippen MR) is 74.5 cm³/mol. The summed E-state index contributed by atoms with van der Waals surface area (Å²) in [4.78, 5) is 11.9. The van der Waals surface area contributed by atoms with Crippen molar-refractivity contribution in [2.75, 3.05) is 11.9 Å². The van der Waals surface area contributed by atoms with Gasteiger partial charge < -0.3 is 15.7 Å². The maximum atomic E-state index is 11.9. The zero-order valence-corrected chi connectivity index (χ0v) is 11.5. The highest BCUT2D eigenvalue weighted by Crippen LogP contribution is 2.20. The highest BCUT2D eigenvalue weighted by molar-refractivity contribution is 6.30. The van der Waals surface area contributed by atoms with E-state index in [2.05, 4.69) is 10.6 Å². The molecule has 1 heterocycles. The number of carbonyl (C=O) groups is 1. The Balaban J connectivity index is 0.00000162. The molecule has 1 saturated heterocycles. The Bertz CT molecular complexity index is 440. The van der Waals surface area contributed by atoms with Crippen LogP contribution in [0.2, 0.25) is 5.02 Å². The van der Waals surface area contributed by atoms with Crippen LogP contribution in [0.4, 0.5) is 5.69 Å². The van der Waals surface area contributed by atoms with Crippen LogP contribution < -0.4 is 10.6 Å². The van der Waals surface area contributed by atoms with Gasteiger partial charge in [0.1, 0.15) is 0 Å². The van der Waals surface area contributed by atoms with Gasteiger partial charge in [-0.25, -0.2) is 0 Å². The number of aliphatic hydroxyl groups is 1. The SMILES string of the molecule is Cc1cc(Cl)ccc1NC(=O)C1CC(O)CN1.Cl. The molecule has 18 heavy (non-hydrogen) atoms. The summed E-state index contributed by atoms with van der Waals surface area (Å²) in [6.45, 7) is 2.36. The van der Waals surface area contributed by atoms with E-state index < -0.39 is 6.10 Å². The summed E-state index contributed by atoms with van der Waals surface area (Å²) in [5.74, 6) is -0.119. The van der Waals surface area contributed by atoms with Crippen LogP contribution in [-0.2, 0) is 4.79 Å². The van der Waals surface area contributed by atoms with Crippen molar-refractivity contribution < 1.29 is 9.90 Å². The average Bonchev–Trinajstić information content (AvgIpc) is 2.69. The van der Waals surface area contributed by atoms with Crippen LogP contribution in [0.3, 0.4) is 0 Å². The van der Waals surface area contributed by atoms with Crippen LogP contribution in [0.5, 0.6) is 0 Å². The smallest absolute Gasteiger partial charge is 0.241 e. The van der Waals surface area contributed by atoms with Gasteiger partial charge in [0.2, 0.25) is 5.91 Å². The maximum Gasteiger partial charge on any atom is 0.241 e. The van der Waals surface area contributed by atoms with E-state index in [4.69, 9.17) is 11.6 Å². The largest absolute Gasteiger partial charge is 0.392 e. The number of amides is 1. The van der Waals surface area contributed by atoms with Gasteiger partial charge in [0, 0.05) is 17.3 Å². The molecule has 1 aromatic rings. The topological polar surface area (TPSA) is 61.4 Å². The van der Waals surface area contributed by atoms with Gasteiger partial charge in [-0.05, 0) is 37.1 Å². The van der Waals surface area contributed by atoms with Crippen LogP contribution >= 0.6 is 24.0 Å². The molecule has 2 rings (SSSR count). The quantitative estimate of drug-likeness (QED) is 0.777.